The van der Waals surface area contributed by atoms with Crippen LogP contribution in [-0.2, 0) is 14.3 Å². The van der Waals surface area contributed by atoms with Gasteiger partial charge in [-0.2, -0.15) is 0 Å². The van der Waals surface area contributed by atoms with Gasteiger partial charge in [-0.25, -0.2) is 4.79 Å². The van der Waals surface area contributed by atoms with Crippen molar-refractivity contribution in [2.75, 3.05) is 13.7 Å². The van der Waals surface area contributed by atoms with Crippen molar-refractivity contribution < 1.29 is 29.0 Å². The lowest BCUT2D eigenvalue weighted by molar-refractivity contribution is -0.143. The van der Waals surface area contributed by atoms with Gasteiger partial charge in [0.25, 0.3) is 11.1 Å². The fraction of sp³-hybridized carbons (Fsp3) is 0.143. The van der Waals surface area contributed by atoms with Crippen LogP contribution in [-0.4, -0.2) is 46.7 Å². The summed E-state index contributed by atoms with van der Waals surface area (Å²) < 4.78 is 4.42. The summed E-state index contributed by atoms with van der Waals surface area (Å²) in [5, 5.41) is 8.50. The molecule has 1 N–H and O–H groups in total. The topological polar surface area (TPSA) is 101 Å². The molecule has 1 aliphatic rings. The smallest absolute Gasteiger partial charge is 0.336 e. The highest BCUT2D eigenvalue weighted by atomic mass is 32.2. The second-order valence-corrected chi connectivity index (χ2v) is 5.23. The first-order valence-electron chi connectivity index (χ1n) is 6.08. The molecule has 0 bridgehead atoms. The third kappa shape index (κ3) is 3.17. The number of imide groups is 1. The Morgan fingerprint density at radius 2 is 2.00 bits per heavy atom. The van der Waals surface area contributed by atoms with E-state index in [2.05, 4.69) is 4.74 Å². The normalized spacial score (nSPS) is 16.2. The number of benzene rings is 1. The van der Waals surface area contributed by atoms with Gasteiger partial charge in [-0.15, -0.1) is 0 Å². The van der Waals surface area contributed by atoms with Crippen molar-refractivity contribution in [3.8, 4) is 0 Å². The molecule has 7 nitrogen and oxygen atoms in total. The monoisotopic (exact) mass is 321 g/mol. The highest BCUT2D eigenvalue weighted by Crippen LogP contribution is 2.32. The molecule has 1 aromatic rings. The molecule has 2 rings (SSSR count). The Bertz CT molecular complexity index is 696. The van der Waals surface area contributed by atoms with Crippen LogP contribution in [0.25, 0.3) is 6.08 Å². The Balaban J connectivity index is 2.31. The number of carbonyl (C=O) groups excluding carboxylic acids is 3. The van der Waals surface area contributed by atoms with Crippen LogP contribution < -0.4 is 0 Å². The van der Waals surface area contributed by atoms with Crippen LogP contribution in [0.2, 0.25) is 0 Å². The van der Waals surface area contributed by atoms with Gasteiger partial charge < -0.3 is 9.84 Å². The molecule has 0 aromatic heterocycles. The Morgan fingerprint density at radius 1 is 1.32 bits per heavy atom. The molecule has 1 aromatic carbocycles. The maximum absolute atomic E-state index is 12.1. The summed E-state index contributed by atoms with van der Waals surface area (Å²) in [5.41, 5.74) is 0.320. The number of ether oxygens (including phenoxy) is 1. The summed E-state index contributed by atoms with van der Waals surface area (Å²) in [5.74, 6) is -2.50. The highest BCUT2D eigenvalue weighted by Gasteiger charge is 2.36. The number of esters is 1. The first kappa shape index (κ1) is 15.8. The Morgan fingerprint density at radius 3 is 2.64 bits per heavy atom. The van der Waals surface area contributed by atoms with Crippen LogP contribution in [0.4, 0.5) is 4.79 Å². The van der Waals surface area contributed by atoms with E-state index in [4.69, 9.17) is 5.11 Å². The van der Waals surface area contributed by atoms with Crippen molar-refractivity contribution in [1.82, 2.24) is 4.90 Å². The van der Waals surface area contributed by atoms with Crippen LogP contribution in [0.1, 0.15) is 15.9 Å². The molecule has 0 radical (unpaired) electrons. The van der Waals surface area contributed by atoms with E-state index in [0.29, 0.717) is 17.3 Å². The van der Waals surface area contributed by atoms with E-state index in [9.17, 15) is 19.2 Å². The highest BCUT2D eigenvalue weighted by molar-refractivity contribution is 8.18. The minimum absolute atomic E-state index is 0.0160. The van der Waals surface area contributed by atoms with Crippen molar-refractivity contribution in [3.05, 3.63) is 40.3 Å². The number of amides is 2. The minimum Gasteiger partial charge on any atom is -0.478 e. The molecule has 1 saturated heterocycles. The van der Waals surface area contributed by atoms with Crippen LogP contribution >= 0.6 is 11.8 Å². The first-order valence-corrected chi connectivity index (χ1v) is 6.90. The predicted molar refractivity (Wildman–Crippen MR) is 78.1 cm³/mol. The fourth-order valence-corrected chi connectivity index (χ4v) is 2.62. The number of hydrogen-bond donors (Lipinski definition) is 1. The lowest BCUT2D eigenvalue weighted by atomic mass is 10.1. The zero-order valence-electron chi connectivity index (χ0n) is 11.4. The molecule has 2 amide bonds. The number of carboxylic acids is 1. The first-order chi connectivity index (χ1) is 10.4. The molecule has 0 spiro atoms. The second kappa shape index (κ2) is 6.44. The van der Waals surface area contributed by atoms with E-state index in [-0.39, 0.29) is 10.5 Å². The lowest BCUT2D eigenvalue weighted by Crippen LogP contribution is -2.34. The summed E-state index contributed by atoms with van der Waals surface area (Å²) in [4.78, 5) is 47.0. The maximum Gasteiger partial charge on any atom is 0.336 e. The Hall–Kier alpha value is -2.61. The number of rotatable bonds is 4. The van der Waals surface area contributed by atoms with Gasteiger partial charge >= 0.3 is 11.9 Å². The summed E-state index contributed by atoms with van der Waals surface area (Å²) >= 11 is 0.647. The van der Waals surface area contributed by atoms with E-state index in [1.165, 1.54) is 18.2 Å². The number of methoxy groups -OCH3 is 1. The van der Waals surface area contributed by atoms with Crippen LogP contribution in [0.15, 0.2) is 29.2 Å². The number of nitrogens with zero attached hydrogens (tertiary/aromatic N) is 1. The van der Waals surface area contributed by atoms with E-state index in [1.807, 2.05) is 0 Å². The van der Waals surface area contributed by atoms with Crippen LogP contribution in [0, 0.1) is 0 Å². The summed E-state index contributed by atoms with van der Waals surface area (Å²) in [6, 6.07) is 6.10. The molecule has 0 unspecified atom stereocenters. The third-order valence-corrected chi connectivity index (χ3v) is 3.77. The summed E-state index contributed by atoms with van der Waals surface area (Å²) in [7, 11) is 1.15. The zero-order chi connectivity index (χ0) is 16.3. The molecule has 0 aliphatic carbocycles. The largest absolute Gasteiger partial charge is 0.478 e. The number of carboxylic acid groups (broad SMARTS) is 1. The molecular formula is C14H11NO6S. The molecule has 22 heavy (non-hydrogen) atoms. The van der Waals surface area contributed by atoms with Crippen molar-refractivity contribution >= 4 is 40.9 Å². The molecule has 114 valence electrons. The number of thioether (sulfide) groups is 1. The molecule has 1 aliphatic heterocycles. The average Bonchev–Trinajstić information content (AvgIpc) is 2.75. The summed E-state index contributed by atoms with van der Waals surface area (Å²) in [6.45, 7) is -0.473. The standard InChI is InChI=1S/C14H11NO6S/c1-21-11(16)7-15-12(17)10(22-14(15)20)6-8-4-2-3-5-9(8)13(18)19/h2-6H,7H2,1H3,(H,18,19)/b10-6-. The SMILES string of the molecule is COC(=O)CN1C(=O)S/C(=C\c2ccccc2C(=O)O)C1=O. The third-order valence-electron chi connectivity index (χ3n) is 2.87. The van der Waals surface area contributed by atoms with Gasteiger partial charge in [-0.1, -0.05) is 18.2 Å². The molecule has 1 heterocycles. The molecule has 0 atom stereocenters. The van der Waals surface area contributed by atoms with Gasteiger partial charge in [0.2, 0.25) is 0 Å². The Kier molecular flexibility index (Phi) is 4.62. The van der Waals surface area contributed by atoms with Gasteiger partial charge in [-0.05, 0) is 29.5 Å². The van der Waals surface area contributed by atoms with Gasteiger partial charge in [0.1, 0.15) is 6.54 Å². The fourth-order valence-electron chi connectivity index (χ4n) is 1.79. The van der Waals surface area contributed by atoms with Gasteiger partial charge in [0, 0.05) is 0 Å². The van der Waals surface area contributed by atoms with Gasteiger partial charge in [-0.3, -0.25) is 19.3 Å². The summed E-state index contributed by atoms with van der Waals surface area (Å²) in [6.07, 6.45) is 1.33. The van der Waals surface area contributed by atoms with E-state index < -0.39 is 29.6 Å². The zero-order valence-corrected chi connectivity index (χ0v) is 12.3. The molecule has 0 saturated carbocycles. The van der Waals surface area contributed by atoms with Crippen LogP contribution in [0.3, 0.4) is 0 Å². The van der Waals surface area contributed by atoms with Crippen molar-refractivity contribution in [2.45, 2.75) is 0 Å². The number of hydrogen-bond acceptors (Lipinski definition) is 6. The van der Waals surface area contributed by atoms with Gasteiger partial charge in [0.15, 0.2) is 0 Å². The number of carbonyl (C=O) groups is 4. The van der Waals surface area contributed by atoms with Crippen molar-refractivity contribution in [3.63, 3.8) is 0 Å². The van der Waals surface area contributed by atoms with E-state index in [0.717, 1.165) is 12.0 Å². The van der Waals surface area contributed by atoms with E-state index in [1.54, 1.807) is 12.1 Å². The average molecular weight is 321 g/mol. The van der Waals surface area contributed by atoms with Crippen molar-refractivity contribution in [1.29, 1.82) is 0 Å². The predicted octanol–water partition coefficient (Wildman–Crippen LogP) is 1.59. The lowest BCUT2D eigenvalue weighted by Gasteiger charge is -2.09. The molecule has 1 fully saturated rings. The Labute approximate surface area is 129 Å². The van der Waals surface area contributed by atoms with Crippen LogP contribution in [0.5, 0.6) is 0 Å². The quantitative estimate of drug-likeness (QED) is 0.664. The van der Waals surface area contributed by atoms with E-state index >= 15 is 0 Å². The van der Waals surface area contributed by atoms with Crippen molar-refractivity contribution in [2.24, 2.45) is 0 Å². The van der Waals surface area contributed by atoms with Gasteiger partial charge in [0.05, 0.1) is 17.6 Å². The molecular weight excluding hydrogens is 310 g/mol. The number of aromatic carboxylic acids is 1. The second-order valence-electron chi connectivity index (χ2n) is 4.24. The molecule has 8 heteroatoms. The maximum atomic E-state index is 12.1. The minimum atomic E-state index is -1.14.